The van der Waals surface area contributed by atoms with E-state index in [4.69, 9.17) is 4.74 Å². The van der Waals surface area contributed by atoms with Crippen molar-refractivity contribution in [3.8, 4) is 0 Å². The van der Waals surface area contributed by atoms with Crippen molar-refractivity contribution in [2.24, 2.45) is 17.3 Å². The monoisotopic (exact) mass is 225 g/mol. The van der Waals surface area contributed by atoms with E-state index >= 15 is 0 Å². The first-order chi connectivity index (χ1) is 7.53. The number of ether oxygens (including phenoxy) is 1. The van der Waals surface area contributed by atoms with Crippen molar-refractivity contribution in [3.05, 3.63) is 0 Å². The lowest BCUT2D eigenvalue weighted by atomic mass is 9.55. The molecule has 1 aliphatic heterocycles. The van der Waals surface area contributed by atoms with E-state index in [0.29, 0.717) is 17.6 Å². The zero-order valence-corrected chi connectivity index (χ0v) is 11.3. The minimum Gasteiger partial charge on any atom is -0.377 e. The SMILES string of the molecule is CC(C)CCNC1C2CCCOC2C1(C)C. The van der Waals surface area contributed by atoms with E-state index < -0.39 is 0 Å². The maximum absolute atomic E-state index is 5.91. The Morgan fingerprint density at radius 3 is 2.81 bits per heavy atom. The van der Waals surface area contributed by atoms with E-state index in [-0.39, 0.29) is 0 Å². The molecule has 1 heterocycles. The van der Waals surface area contributed by atoms with Crippen molar-refractivity contribution < 1.29 is 4.74 Å². The fourth-order valence-corrected chi connectivity index (χ4v) is 3.46. The summed E-state index contributed by atoms with van der Waals surface area (Å²) in [7, 11) is 0. The van der Waals surface area contributed by atoms with E-state index in [1.165, 1.54) is 19.3 Å². The van der Waals surface area contributed by atoms with Gasteiger partial charge < -0.3 is 10.1 Å². The highest BCUT2D eigenvalue weighted by Gasteiger charge is 2.57. The second-order valence-electron chi connectivity index (χ2n) is 6.53. The summed E-state index contributed by atoms with van der Waals surface area (Å²) in [6.45, 7) is 11.4. The van der Waals surface area contributed by atoms with Crippen molar-refractivity contribution in [1.82, 2.24) is 5.32 Å². The molecule has 3 unspecified atom stereocenters. The number of rotatable bonds is 4. The average molecular weight is 225 g/mol. The van der Waals surface area contributed by atoms with Crippen LogP contribution in [0, 0.1) is 17.3 Å². The van der Waals surface area contributed by atoms with Crippen LogP contribution in [0.3, 0.4) is 0 Å². The van der Waals surface area contributed by atoms with Crippen molar-refractivity contribution >= 4 is 0 Å². The molecule has 0 amide bonds. The molecule has 0 aromatic heterocycles. The topological polar surface area (TPSA) is 21.3 Å². The summed E-state index contributed by atoms with van der Waals surface area (Å²) in [4.78, 5) is 0. The van der Waals surface area contributed by atoms with Gasteiger partial charge in [0.05, 0.1) is 6.10 Å². The van der Waals surface area contributed by atoms with Gasteiger partial charge in [-0.15, -0.1) is 0 Å². The van der Waals surface area contributed by atoms with Gasteiger partial charge in [0.15, 0.2) is 0 Å². The van der Waals surface area contributed by atoms with Gasteiger partial charge in [0.1, 0.15) is 0 Å². The predicted octanol–water partition coefficient (Wildman–Crippen LogP) is 2.83. The Morgan fingerprint density at radius 1 is 1.38 bits per heavy atom. The van der Waals surface area contributed by atoms with E-state index in [0.717, 1.165) is 25.0 Å². The molecule has 1 aliphatic carbocycles. The Morgan fingerprint density at radius 2 is 2.12 bits per heavy atom. The van der Waals surface area contributed by atoms with E-state index in [1.807, 2.05) is 0 Å². The van der Waals surface area contributed by atoms with Crippen LogP contribution < -0.4 is 5.32 Å². The van der Waals surface area contributed by atoms with Crippen LogP contribution in [0.1, 0.15) is 47.0 Å². The highest BCUT2D eigenvalue weighted by Crippen LogP contribution is 2.51. The van der Waals surface area contributed by atoms with E-state index in [9.17, 15) is 0 Å². The smallest absolute Gasteiger partial charge is 0.0684 e. The Bertz CT molecular complexity index is 237. The average Bonchev–Trinajstić information content (AvgIpc) is 2.24. The van der Waals surface area contributed by atoms with E-state index in [1.54, 1.807) is 0 Å². The summed E-state index contributed by atoms with van der Waals surface area (Å²) < 4.78 is 5.91. The first-order valence-electron chi connectivity index (χ1n) is 6.88. The quantitative estimate of drug-likeness (QED) is 0.794. The van der Waals surface area contributed by atoms with Crippen molar-refractivity contribution in [2.45, 2.75) is 59.1 Å². The van der Waals surface area contributed by atoms with Gasteiger partial charge in [-0.1, -0.05) is 27.7 Å². The summed E-state index contributed by atoms with van der Waals surface area (Å²) in [6.07, 6.45) is 4.40. The molecule has 94 valence electrons. The third kappa shape index (κ3) is 2.14. The van der Waals surface area contributed by atoms with Crippen LogP contribution in [0.4, 0.5) is 0 Å². The summed E-state index contributed by atoms with van der Waals surface area (Å²) in [5.41, 5.74) is 0.335. The summed E-state index contributed by atoms with van der Waals surface area (Å²) in [6, 6.07) is 0.677. The van der Waals surface area contributed by atoms with Gasteiger partial charge in [-0.2, -0.15) is 0 Å². The second kappa shape index (κ2) is 4.66. The van der Waals surface area contributed by atoms with Crippen LogP contribution in [0.25, 0.3) is 0 Å². The van der Waals surface area contributed by atoms with Crippen molar-refractivity contribution in [3.63, 3.8) is 0 Å². The van der Waals surface area contributed by atoms with Gasteiger partial charge in [-0.05, 0) is 31.7 Å². The molecule has 2 nitrogen and oxygen atoms in total. The Kier molecular flexibility index (Phi) is 3.60. The van der Waals surface area contributed by atoms with Crippen LogP contribution in [0.5, 0.6) is 0 Å². The maximum Gasteiger partial charge on any atom is 0.0684 e. The number of nitrogens with one attached hydrogen (secondary N) is 1. The van der Waals surface area contributed by atoms with Gasteiger partial charge in [0, 0.05) is 24.0 Å². The fraction of sp³-hybridized carbons (Fsp3) is 1.00. The first kappa shape index (κ1) is 12.4. The minimum absolute atomic E-state index is 0.335. The molecule has 3 atom stereocenters. The van der Waals surface area contributed by atoms with Crippen molar-refractivity contribution in [2.75, 3.05) is 13.2 Å². The van der Waals surface area contributed by atoms with Gasteiger partial charge in [-0.25, -0.2) is 0 Å². The molecule has 2 heteroatoms. The molecular formula is C14H27NO. The molecule has 0 aromatic rings. The molecule has 2 aliphatic rings. The largest absolute Gasteiger partial charge is 0.377 e. The standard InChI is InChI=1S/C14H27NO/c1-10(2)7-8-15-12-11-6-5-9-16-13(11)14(12,3)4/h10-13,15H,5-9H2,1-4H3. The maximum atomic E-state index is 5.91. The first-order valence-corrected chi connectivity index (χ1v) is 6.88. The predicted molar refractivity (Wildman–Crippen MR) is 67.5 cm³/mol. The number of hydrogen-bond acceptors (Lipinski definition) is 2. The molecule has 0 spiro atoms. The molecule has 0 radical (unpaired) electrons. The normalized spacial score (nSPS) is 36.9. The number of fused-ring (bicyclic) bond motifs is 1. The zero-order chi connectivity index (χ0) is 11.8. The molecular weight excluding hydrogens is 198 g/mol. The second-order valence-corrected chi connectivity index (χ2v) is 6.53. The summed E-state index contributed by atoms with van der Waals surface area (Å²) in [5, 5.41) is 3.76. The highest BCUT2D eigenvalue weighted by atomic mass is 16.5. The third-order valence-corrected chi connectivity index (χ3v) is 4.42. The highest BCUT2D eigenvalue weighted by molar-refractivity contribution is 5.10. The summed E-state index contributed by atoms with van der Waals surface area (Å²) in [5.74, 6) is 1.57. The Hall–Kier alpha value is -0.0800. The van der Waals surface area contributed by atoms with E-state index in [2.05, 4.69) is 33.0 Å². The van der Waals surface area contributed by atoms with Crippen LogP contribution >= 0.6 is 0 Å². The van der Waals surface area contributed by atoms with Crippen LogP contribution in [0.2, 0.25) is 0 Å². The lowest BCUT2D eigenvalue weighted by Gasteiger charge is -2.60. The zero-order valence-electron chi connectivity index (χ0n) is 11.3. The Labute approximate surface area is 100 Å². The Balaban J connectivity index is 1.84. The molecule has 0 bridgehead atoms. The molecule has 2 rings (SSSR count). The van der Waals surface area contributed by atoms with Gasteiger partial charge in [-0.3, -0.25) is 0 Å². The van der Waals surface area contributed by atoms with Crippen LogP contribution in [0.15, 0.2) is 0 Å². The van der Waals surface area contributed by atoms with Gasteiger partial charge in [0.2, 0.25) is 0 Å². The molecule has 1 saturated carbocycles. The molecule has 1 N–H and O–H groups in total. The lowest BCUT2D eigenvalue weighted by molar-refractivity contribution is -0.192. The minimum atomic E-state index is 0.335. The third-order valence-electron chi connectivity index (χ3n) is 4.42. The lowest BCUT2D eigenvalue weighted by Crippen LogP contribution is -2.69. The van der Waals surface area contributed by atoms with Crippen LogP contribution in [-0.4, -0.2) is 25.3 Å². The van der Waals surface area contributed by atoms with Gasteiger partial charge in [0.25, 0.3) is 0 Å². The molecule has 2 fully saturated rings. The molecule has 1 saturated heterocycles. The van der Waals surface area contributed by atoms with Gasteiger partial charge >= 0.3 is 0 Å². The van der Waals surface area contributed by atoms with Crippen molar-refractivity contribution in [1.29, 1.82) is 0 Å². The molecule has 16 heavy (non-hydrogen) atoms. The van der Waals surface area contributed by atoms with Crippen LogP contribution in [-0.2, 0) is 4.74 Å². The fourth-order valence-electron chi connectivity index (χ4n) is 3.46. The summed E-state index contributed by atoms with van der Waals surface area (Å²) >= 11 is 0. The number of hydrogen-bond donors (Lipinski definition) is 1. The molecule has 0 aromatic carbocycles.